The van der Waals surface area contributed by atoms with Gasteiger partial charge in [-0.1, -0.05) is 49.3 Å². The maximum Gasteiger partial charge on any atom is 0.413 e. The van der Waals surface area contributed by atoms with Crippen molar-refractivity contribution >= 4 is 16.1 Å². The van der Waals surface area contributed by atoms with Crippen LogP contribution in [-0.4, -0.2) is 51.5 Å². The van der Waals surface area contributed by atoms with Crippen molar-refractivity contribution in [2.24, 2.45) is 10.5 Å². The lowest BCUT2D eigenvalue weighted by molar-refractivity contribution is 0.0727. The number of furan rings is 1. The lowest BCUT2D eigenvalue weighted by Gasteiger charge is -2.36. The summed E-state index contributed by atoms with van der Waals surface area (Å²) in [5.74, 6) is 0.674. The molecule has 3 aromatic rings. The molecule has 0 aliphatic heterocycles. The summed E-state index contributed by atoms with van der Waals surface area (Å²) in [7, 11) is -2.61. The third-order valence-electron chi connectivity index (χ3n) is 6.76. The molecule has 1 unspecified atom stereocenters. The Balaban J connectivity index is 1.92. The SMILES string of the molecule is COc1ccc(S(=O)(=O)NC(CC(C)(C)CCCN=[N+]=[N-])[C@H](O)[C@H](Cc2ccccc2)NC(=O)Oc2ccoc2)cc1. The first kappa shape index (κ1) is 32.5. The molecule has 0 fully saturated rings. The highest BCUT2D eigenvalue weighted by atomic mass is 32.2. The molecule has 0 aliphatic rings. The van der Waals surface area contributed by atoms with Crippen molar-refractivity contribution in [3.05, 3.63) is 89.2 Å². The minimum atomic E-state index is -4.10. The predicted octanol–water partition coefficient (Wildman–Crippen LogP) is 5.20. The van der Waals surface area contributed by atoms with Gasteiger partial charge in [-0.3, -0.25) is 0 Å². The van der Waals surface area contributed by atoms with Crippen LogP contribution in [0.15, 0.2) is 87.6 Å². The van der Waals surface area contributed by atoms with E-state index in [1.807, 2.05) is 44.2 Å². The van der Waals surface area contributed by atoms with Gasteiger partial charge in [-0.2, -0.15) is 0 Å². The van der Waals surface area contributed by atoms with E-state index >= 15 is 0 Å². The van der Waals surface area contributed by atoms with Crippen LogP contribution in [0.25, 0.3) is 10.4 Å². The van der Waals surface area contributed by atoms with Crippen LogP contribution in [0.5, 0.6) is 11.5 Å². The second kappa shape index (κ2) is 15.3. The average molecular weight is 600 g/mol. The van der Waals surface area contributed by atoms with Crippen LogP contribution < -0.4 is 19.5 Å². The summed E-state index contributed by atoms with van der Waals surface area (Å²) in [6.07, 6.45) is 1.99. The molecule has 0 bridgehead atoms. The molecule has 1 aromatic heterocycles. The molecule has 42 heavy (non-hydrogen) atoms. The van der Waals surface area contributed by atoms with Crippen LogP contribution in [0.1, 0.15) is 38.7 Å². The van der Waals surface area contributed by atoms with E-state index in [2.05, 4.69) is 20.1 Å². The Bertz CT molecular complexity index is 1410. The van der Waals surface area contributed by atoms with E-state index in [1.54, 1.807) is 0 Å². The minimum absolute atomic E-state index is 0.00593. The summed E-state index contributed by atoms with van der Waals surface area (Å²) >= 11 is 0. The number of carbonyl (C=O) groups excluding carboxylic acids is 1. The molecule has 3 N–H and O–H groups in total. The number of azide groups is 1. The van der Waals surface area contributed by atoms with Gasteiger partial charge in [-0.05, 0) is 66.5 Å². The van der Waals surface area contributed by atoms with E-state index in [1.165, 1.54) is 50.0 Å². The smallest absolute Gasteiger partial charge is 0.413 e. The molecular formula is C29H37N5O7S. The second-order valence-corrected chi connectivity index (χ2v) is 12.3. The zero-order valence-electron chi connectivity index (χ0n) is 23.8. The number of sulfonamides is 1. The number of hydrogen-bond acceptors (Lipinski definition) is 8. The normalized spacial score (nSPS) is 13.8. The molecule has 13 heteroatoms. The van der Waals surface area contributed by atoms with Crippen LogP contribution in [0, 0.1) is 5.41 Å². The number of methoxy groups -OCH3 is 1. The molecule has 3 atom stereocenters. The van der Waals surface area contributed by atoms with Gasteiger partial charge >= 0.3 is 6.09 Å². The number of nitrogens with zero attached hydrogens (tertiary/aromatic N) is 3. The summed E-state index contributed by atoms with van der Waals surface area (Å²) in [5.41, 5.74) is 8.95. The van der Waals surface area contributed by atoms with Crippen LogP contribution >= 0.6 is 0 Å². The Kier molecular flexibility index (Phi) is 11.8. The topological polar surface area (TPSA) is 176 Å². The van der Waals surface area contributed by atoms with E-state index in [0.717, 1.165) is 5.56 Å². The van der Waals surface area contributed by atoms with Crippen molar-refractivity contribution in [1.29, 1.82) is 0 Å². The Morgan fingerprint density at radius 2 is 1.81 bits per heavy atom. The summed E-state index contributed by atoms with van der Waals surface area (Å²) in [5, 5.41) is 18.1. The van der Waals surface area contributed by atoms with E-state index in [-0.39, 0.29) is 23.5 Å². The lowest BCUT2D eigenvalue weighted by atomic mass is 9.79. The molecule has 0 saturated heterocycles. The van der Waals surface area contributed by atoms with E-state index in [4.69, 9.17) is 19.4 Å². The van der Waals surface area contributed by atoms with Crippen molar-refractivity contribution in [3.8, 4) is 11.5 Å². The largest absolute Gasteiger partial charge is 0.497 e. The van der Waals surface area contributed by atoms with Crippen molar-refractivity contribution in [2.45, 2.75) is 62.6 Å². The van der Waals surface area contributed by atoms with Crippen LogP contribution in [0.4, 0.5) is 4.79 Å². The number of ether oxygens (including phenoxy) is 2. The van der Waals surface area contributed by atoms with Crippen molar-refractivity contribution in [2.75, 3.05) is 13.7 Å². The van der Waals surface area contributed by atoms with E-state index in [0.29, 0.717) is 25.1 Å². The number of amides is 1. The average Bonchev–Trinajstić information content (AvgIpc) is 3.47. The van der Waals surface area contributed by atoms with Crippen molar-refractivity contribution in [1.82, 2.24) is 10.0 Å². The highest BCUT2D eigenvalue weighted by Crippen LogP contribution is 2.31. The van der Waals surface area contributed by atoms with Crippen LogP contribution in [0.3, 0.4) is 0 Å². The van der Waals surface area contributed by atoms with Crippen molar-refractivity contribution < 1.29 is 32.2 Å². The minimum Gasteiger partial charge on any atom is -0.497 e. The first-order valence-electron chi connectivity index (χ1n) is 13.4. The molecule has 0 aliphatic carbocycles. The standard InChI is InChI=1S/C29H37N5O7S/c1-29(2,15-7-16-31-34-30)19-26(33-42(37,38)24-12-10-22(39-3)11-13-24)27(35)25(18-21-8-5-4-6-9-21)32-28(36)41-23-14-17-40-20-23/h4-6,8-14,17,20,25-27,33,35H,7,15-16,18-19H2,1-3H3,(H,32,36)/t25-,26?,27+/m0/s1. The monoisotopic (exact) mass is 599 g/mol. The molecule has 0 spiro atoms. The van der Waals surface area contributed by atoms with Gasteiger partial charge in [0.2, 0.25) is 10.0 Å². The van der Waals surface area contributed by atoms with Gasteiger partial charge in [0.05, 0.1) is 36.5 Å². The number of aliphatic hydroxyl groups excluding tert-OH is 1. The van der Waals surface area contributed by atoms with Gasteiger partial charge in [0.1, 0.15) is 12.0 Å². The van der Waals surface area contributed by atoms with Gasteiger partial charge in [-0.15, -0.1) is 0 Å². The number of hydrogen-bond donors (Lipinski definition) is 3. The number of aliphatic hydroxyl groups is 1. The zero-order valence-corrected chi connectivity index (χ0v) is 24.7. The molecule has 12 nitrogen and oxygen atoms in total. The maximum atomic E-state index is 13.5. The third-order valence-corrected chi connectivity index (χ3v) is 8.26. The van der Waals surface area contributed by atoms with Crippen LogP contribution in [0.2, 0.25) is 0 Å². The number of carbonyl (C=O) groups is 1. The maximum absolute atomic E-state index is 13.5. The van der Waals surface area contributed by atoms with Gasteiger partial charge in [0.25, 0.3) is 0 Å². The second-order valence-electron chi connectivity index (χ2n) is 10.6. The first-order chi connectivity index (χ1) is 20.0. The highest BCUT2D eigenvalue weighted by molar-refractivity contribution is 7.89. The number of nitrogens with one attached hydrogen (secondary N) is 2. The Labute approximate surface area is 245 Å². The van der Waals surface area contributed by atoms with Gasteiger partial charge in [-0.25, -0.2) is 17.9 Å². The van der Waals surface area contributed by atoms with Crippen LogP contribution in [-0.2, 0) is 16.4 Å². The lowest BCUT2D eigenvalue weighted by Crippen LogP contribution is -2.56. The summed E-state index contributed by atoms with van der Waals surface area (Å²) in [6, 6.07) is 14.6. The molecule has 0 saturated carbocycles. The van der Waals surface area contributed by atoms with E-state index < -0.39 is 39.7 Å². The quantitative estimate of drug-likeness (QED) is 0.0877. The summed E-state index contributed by atoms with van der Waals surface area (Å²) in [4.78, 5) is 15.6. The predicted molar refractivity (Wildman–Crippen MR) is 157 cm³/mol. The van der Waals surface area contributed by atoms with Gasteiger partial charge in [0.15, 0.2) is 5.75 Å². The van der Waals surface area contributed by atoms with Gasteiger partial charge in [0, 0.05) is 17.5 Å². The van der Waals surface area contributed by atoms with E-state index in [9.17, 15) is 18.3 Å². The molecule has 0 radical (unpaired) electrons. The summed E-state index contributed by atoms with van der Waals surface area (Å²) in [6.45, 7) is 4.18. The van der Waals surface area contributed by atoms with Gasteiger partial charge < -0.3 is 24.3 Å². The molecule has 1 heterocycles. The molecule has 2 aromatic carbocycles. The zero-order chi connectivity index (χ0) is 30.6. The Morgan fingerprint density at radius 3 is 2.43 bits per heavy atom. The highest BCUT2D eigenvalue weighted by Gasteiger charge is 2.36. The Morgan fingerprint density at radius 1 is 1.10 bits per heavy atom. The third kappa shape index (κ3) is 10.1. The molecule has 3 rings (SSSR count). The number of rotatable bonds is 16. The molecule has 1 amide bonds. The fraction of sp³-hybridized carbons (Fsp3) is 0.414. The number of benzene rings is 2. The fourth-order valence-corrected chi connectivity index (χ4v) is 5.88. The first-order valence-corrected chi connectivity index (χ1v) is 14.9. The molecule has 226 valence electrons. The molecular weight excluding hydrogens is 562 g/mol. The fourth-order valence-electron chi connectivity index (χ4n) is 4.63. The Hall–Kier alpha value is -4.03. The van der Waals surface area contributed by atoms with Crippen molar-refractivity contribution in [3.63, 3.8) is 0 Å². The summed E-state index contributed by atoms with van der Waals surface area (Å²) < 4.78 is 45.1.